The Bertz CT molecular complexity index is 837. The van der Waals surface area contributed by atoms with E-state index in [1.807, 2.05) is 42.5 Å². The lowest BCUT2D eigenvalue weighted by Crippen LogP contribution is -2.33. The van der Waals surface area contributed by atoms with Crippen LogP contribution in [0.3, 0.4) is 0 Å². The van der Waals surface area contributed by atoms with Crippen molar-refractivity contribution in [1.82, 2.24) is 5.01 Å². The molecule has 0 atom stereocenters. The van der Waals surface area contributed by atoms with Crippen LogP contribution in [-0.4, -0.2) is 29.5 Å². The van der Waals surface area contributed by atoms with Gasteiger partial charge in [-0.2, -0.15) is 0 Å². The molecule has 5 nitrogen and oxygen atoms in total. The molecule has 1 saturated heterocycles. The van der Waals surface area contributed by atoms with E-state index in [2.05, 4.69) is 5.43 Å². The minimum absolute atomic E-state index is 0.205. The number of hydrogen-bond acceptors (Lipinski definition) is 6. The Kier molecular flexibility index (Phi) is 5.25. The van der Waals surface area contributed by atoms with Crippen molar-refractivity contribution >= 4 is 46.0 Å². The monoisotopic (exact) mass is 372 g/mol. The fourth-order valence-corrected chi connectivity index (χ4v) is 3.54. The highest BCUT2D eigenvalue weighted by atomic mass is 32.2. The Morgan fingerprint density at radius 1 is 1.08 bits per heavy atom. The summed E-state index contributed by atoms with van der Waals surface area (Å²) in [7, 11) is 3.14. The lowest BCUT2D eigenvalue weighted by molar-refractivity contribution is -0.121. The second-order valence-corrected chi connectivity index (χ2v) is 6.75. The number of carbonyl (C=O) groups excluding carboxylic acids is 1. The zero-order valence-corrected chi connectivity index (χ0v) is 15.3. The lowest BCUT2D eigenvalue weighted by atomic mass is 10.1. The molecule has 0 bridgehead atoms. The highest BCUT2D eigenvalue weighted by Gasteiger charge is 2.32. The highest BCUT2D eigenvalue weighted by Crippen LogP contribution is 2.37. The van der Waals surface area contributed by atoms with Gasteiger partial charge in [0, 0.05) is 5.56 Å². The van der Waals surface area contributed by atoms with Gasteiger partial charge in [-0.3, -0.25) is 10.2 Å². The molecule has 0 unspecified atom stereocenters. The minimum Gasteiger partial charge on any atom is -0.493 e. The summed E-state index contributed by atoms with van der Waals surface area (Å²) in [5.74, 6) is 0.976. The predicted molar refractivity (Wildman–Crippen MR) is 105 cm³/mol. The van der Waals surface area contributed by atoms with Crippen molar-refractivity contribution < 1.29 is 14.3 Å². The van der Waals surface area contributed by atoms with Gasteiger partial charge >= 0.3 is 0 Å². The topological polar surface area (TPSA) is 50.8 Å². The molecule has 1 N–H and O–H groups in total. The van der Waals surface area contributed by atoms with E-state index in [9.17, 15) is 4.79 Å². The number of ether oxygens (including phenoxy) is 2. The summed E-state index contributed by atoms with van der Waals surface area (Å²) in [6, 6.07) is 14.9. The first-order chi connectivity index (χ1) is 12.1. The van der Waals surface area contributed by atoms with Gasteiger partial charge in [0.15, 0.2) is 15.8 Å². The molecule has 7 heteroatoms. The van der Waals surface area contributed by atoms with Gasteiger partial charge in [-0.25, -0.2) is 5.01 Å². The summed E-state index contributed by atoms with van der Waals surface area (Å²) in [5, 5.41) is 1.37. The molecular formula is C18H16N2O3S2. The second-order valence-electron chi connectivity index (χ2n) is 5.08. The number of rotatable bonds is 5. The molecule has 2 aromatic rings. The molecule has 128 valence electrons. The van der Waals surface area contributed by atoms with E-state index < -0.39 is 0 Å². The van der Waals surface area contributed by atoms with E-state index in [-0.39, 0.29) is 5.91 Å². The molecule has 25 heavy (non-hydrogen) atoms. The van der Waals surface area contributed by atoms with Gasteiger partial charge in [-0.05, 0) is 36.5 Å². The number of anilines is 1. The predicted octanol–water partition coefficient (Wildman–Crippen LogP) is 3.93. The first-order valence-electron chi connectivity index (χ1n) is 7.44. The molecule has 1 amide bonds. The van der Waals surface area contributed by atoms with E-state index in [1.54, 1.807) is 26.4 Å². The summed E-state index contributed by atoms with van der Waals surface area (Å²) in [5.41, 5.74) is 4.57. The molecule has 0 spiro atoms. The van der Waals surface area contributed by atoms with Crippen LogP contribution in [0.25, 0.3) is 6.08 Å². The van der Waals surface area contributed by atoms with Crippen LogP contribution < -0.4 is 14.9 Å². The molecule has 1 fully saturated rings. The summed E-state index contributed by atoms with van der Waals surface area (Å²) >= 11 is 6.57. The van der Waals surface area contributed by atoms with Crippen LogP contribution in [0.5, 0.6) is 11.5 Å². The first-order valence-corrected chi connectivity index (χ1v) is 8.67. The van der Waals surface area contributed by atoms with Crippen LogP contribution in [0.4, 0.5) is 5.69 Å². The first kappa shape index (κ1) is 17.3. The molecule has 3 rings (SSSR count). The molecule has 1 aliphatic heterocycles. The van der Waals surface area contributed by atoms with Crippen LogP contribution in [-0.2, 0) is 4.79 Å². The number of thioether (sulfide) groups is 1. The Morgan fingerprint density at radius 3 is 2.52 bits per heavy atom. The van der Waals surface area contributed by atoms with Gasteiger partial charge in [-0.1, -0.05) is 42.1 Å². The van der Waals surface area contributed by atoms with Gasteiger partial charge < -0.3 is 9.47 Å². The van der Waals surface area contributed by atoms with E-state index >= 15 is 0 Å². The van der Waals surface area contributed by atoms with Gasteiger partial charge in [0.05, 0.1) is 24.8 Å². The average molecular weight is 372 g/mol. The number of hydrazine groups is 1. The normalized spacial score (nSPS) is 15.6. The SMILES string of the molecule is COc1cccc(/C=C2/SC(=S)N(Nc3ccccc3)C2=O)c1OC. The Labute approximate surface area is 155 Å². The third-order valence-corrected chi connectivity index (χ3v) is 4.83. The molecule has 2 aromatic carbocycles. The molecule has 0 radical (unpaired) electrons. The van der Waals surface area contributed by atoms with Crippen LogP contribution in [0.1, 0.15) is 5.56 Å². The molecule has 1 heterocycles. The largest absolute Gasteiger partial charge is 0.493 e. The van der Waals surface area contributed by atoms with Crippen LogP contribution in [0.2, 0.25) is 0 Å². The van der Waals surface area contributed by atoms with Crippen molar-refractivity contribution in [2.24, 2.45) is 0 Å². The lowest BCUT2D eigenvalue weighted by Gasteiger charge is -2.16. The molecular weight excluding hydrogens is 356 g/mol. The zero-order valence-electron chi connectivity index (χ0n) is 13.7. The number of hydrogen-bond donors (Lipinski definition) is 1. The molecule has 0 aliphatic carbocycles. The summed E-state index contributed by atoms with van der Waals surface area (Å²) in [4.78, 5) is 13.2. The maximum absolute atomic E-state index is 12.7. The molecule has 0 saturated carbocycles. The van der Waals surface area contributed by atoms with Gasteiger partial charge in [-0.15, -0.1) is 0 Å². The zero-order chi connectivity index (χ0) is 17.8. The smallest absolute Gasteiger partial charge is 0.285 e. The van der Waals surface area contributed by atoms with Gasteiger partial charge in [0.2, 0.25) is 0 Å². The van der Waals surface area contributed by atoms with Crippen molar-refractivity contribution in [2.75, 3.05) is 19.6 Å². The van der Waals surface area contributed by atoms with Crippen molar-refractivity contribution in [3.8, 4) is 11.5 Å². The number of nitrogens with one attached hydrogen (secondary N) is 1. The quantitative estimate of drug-likeness (QED) is 0.634. The number of carbonyl (C=O) groups is 1. The summed E-state index contributed by atoms with van der Waals surface area (Å²) < 4.78 is 11.2. The van der Waals surface area contributed by atoms with Crippen molar-refractivity contribution in [3.63, 3.8) is 0 Å². The number of para-hydroxylation sites is 2. The van der Waals surface area contributed by atoms with Gasteiger partial charge in [0.1, 0.15) is 0 Å². The minimum atomic E-state index is -0.205. The van der Waals surface area contributed by atoms with Gasteiger partial charge in [0.25, 0.3) is 5.91 Å². The van der Waals surface area contributed by atoms with E-state index in [1.165, 1.54) is 16.8 Å². The Hall–Kier alpha value is -2.51. The third-order valence-electron chi connectivity index (χ3n) is 3.53. The Balaban J connectivity index is 1.88. The van der Waals surface area contributed by atoms with Crippen molar-refractivity contribution in [2.45, 2.75) is 0 Å². The molecule has 0 aromatic heterocycles. The number of thiocarbonyl (C=S) groups is 1. The van der Waals surface area contributed by atoms with Crippen molar-refractivity contribution in [1.29, 1.82) is 0 Å². The summed E-state index contributed by atoms with van der Waals surface area (Å²) in [6.45, 7) is 0. The number of nitrogens with zero attached hydrogens (tertiary/aromatic N) is 1. The maximum atomic E-state index is 12.7. The third kappa shape index (κ3) is 3.62. The van der Waals surface area contributed by atoms with Crippen molar-refractivity contribution in [3.05, 3.63) is 59.0 Å². The Morgan fingerprint density at radius 2 is 1.84 bits per heavy atom. The molecule has 1 aliphatic rings. The fourth-order valence-electron chi connectivity index (χ4n) is 2.37. The highest BCUT2D eigenvalue weighted by molar-refractivity contribution is 8.26. The maximum Gasteiger partial charge on any atom is 0.285 e. The van der Waals surface area contributed by atoms with Crippen LogP contribution in [0.15, 0.2) is 53.4 Å². The average Bonchev–Trinajstić information content (AvgIpc) is 2.90. The van der Waals surface area contributed by atoms with Crippen LogP contribution in [0, 0.1) is 0 Å². The fraction of sp³-hybridized carbons (Fsp3) is 0.111. The van der Waals surface area contributed by atoms with E-state index in [0.717, 1.165) is 11.3 Å². The second kappa shape index (κ2) is 7.58. The number of amides is 1. The standard InChI is InChI=1S/C18H16N2O3S2/c1-22-14-10-6-7-12(16(14)23-2)11-15-17(21)20(18(24)25-15)19-13-8-4-3-5-9-13/h3-11,19H,1-2H3/b15-11+. The van der Waals surface area contributed by atoms with E-state index in [0.29, 0.717) is 20.7 Å². The van der Waals surface area contributed by atoms with E-state index in [4.69, 9.17) is 21.7 Å². The number of methoxy groups -OCH3 is 2. The van der Waals surface area contributed by atoms with Crippen LogP contribution >= 0.6 is 24.0 Å². The number of benzene rings is 2. The summed E-state index contributed by atoms with van der Waals surface area (Å²) in [6.07, 6.45) is 1.76.